The molecule has 0 aliphatic rings. The summed E-state index contributed by atoms with van der Waals surface area (Å²) >= 11 is 5.74. The number of alkyl halides is 1. The Kier molecular flexibility index (Phi) is 6.43. The SMILES string of the molecule is N#CCCN(CCC#N)C(=O)c1cccc(CCl)c1. The van der Waals surface area contributed by atoms with Gasteiger partial charge in [0, 0.05) is 24.5 Å². The fourth-order valence-corrected chi connectivity index (χ4v) is 1.82. The van der Waals surface area contributed by atoms with Crippen LogP contribution in [0.15, 0.2) is 24.3 Å². The summed E-state index contributed by atoms with van der Waals surface area (Å²) in [7, 11) is 0. The number of hydrogen-bond acceptors (Lipinski definition) is 3. The van der Waals surface area contributed by atoms with Crippen LogP contribution in [-0.2, 0) is 5.88 Å². The number of nitrogens with zero attached hydrogens (tertiary/aromatic N) is 3. The third-order valence-electron chi connectivity index (χ3n) is 2.60. The van der Waals surface area contributed by atoms with Crippen molar-refractivity contribution in [3.8, 4) is 12.1 Å². The second-order valence-electron chi connectivity index (χ2n) is 3.94. The van der Waals surface area contributed by atoms with Crippen molar-refractivity contribution in [1.29, 1.82) is 10.5 Å². The molecule has 0 atom stereocenters. The third-order valence-corrected chi connectivity index (χ3v) is 2.91. The molecule has 0 aliphatic heterocycles. The highest BCUT2D eigenvalue weighted by Crippen LogP contribution is 2.11. The van der Waals surface area contributed by atoms with Gasteiger partial charge in [-0.1, -0.05) is 12.1 Å². The molecular weight excluding hydrogens is 262 g/mol. The maximum absolute atomic E-state index is 12.3. The lowest BCUT2D eigenvalue weighted by atomic mass is 10.1. The van der Waals surface area contributed by atoms with Crippen molar-refractivity contribution >= 4 is 17.5 Å². The highest BCUT2D eigenvalue weighted by molar-refractivity contribution is 6.17. The van der Waals surface area contributed by atoms with Gasteiger partial charge in [-0.3, -0.25) is 4.79 Å². The second kappa shape index (κ2) is 8.13. The molecule has 4 nitrogen and oxygen atoms in total. The minimum Gasteiger partial charge on any atom is -0.337 e. The first-order valence-electron chi connectivity index (χ1n) is 5.91. The van der Waals surface area contributed by atoms with Crippen LogP contribution in [0.25, 0.3) is 0 Å². The Hall–Kier alpha value is -2.04. The number of rotatable bonds is 6. The topological polar surface area (TPSA) is 67.9 Å². The summed E-state index contributed by atoms with van der Waals surface area (Å²) in [6.45, 7) is 0.671. The summed E-state index contributed by atoms with van der Waals surface area (Å²) in [6, 6.07) is 11.1. The first-order chi connectivity index (χ1) is 9.22. The van der Waals surface area contributed by atoms with Crippen molar-refractivity contribution in [2.75, 3.05) is 13.1 Å². The van der Waals surface area contributed by atoms with Gasteiger partial charge < -0.3 is 4.90 Å². The maximum Gasteiger partial charge on any atom is 0.253 e. The zero-order valence-corrected chi connectivity index (χ0v) is 11.2. The molecule has 0 aromatic heterocycles. The molecule has 0 bridgehead atoms. The van der Waals surface area contributed by atoms with E-state index in [0.717, 1.165) is 5.56 Å². The molecule has 0 saturated heterocycles. The van der Waals surface area contributed by atoms with Gasteiger partial charge in [0.2, 0.25) is 0 Å². The number of nitriles is 2. The first-order valence-corrected chi connectivity index (χ1v) is 6.44. The van der Waals surface area contributed by atoms with Gasteiger partial charge in [-0.05, 0) is 17.7 Å². The van der Waals surface area contributed by atoms with Gasteiger partial charge in [0.15, 0.2) is 0 Å². The Morgan fingerprint density at radius 2 is 1.84 bits per heavy atom. The van der Waals surface area contributed by atoms with Crippen LogP contribution in [0.5, 0.6) is 0 Å². The van der Waals surface area contributed by atoms with Crippen LogP contribution in [0.1, 0.15) is 28.8 Å². The van der Waals surface area contributed by atoms with Crippen molar-refractivity contribution in [2.24, 2.45) is 0 Å². The Bertz CT molecular complexity index is 498. The lowest BCUT2D eigenvalue weighted by Gasteiger charge is -2.20. The summed E-state index contributed by atoms with van der Waals surface area (Å²) < 4.78 is 0. The Balaban J connectivity index is 2.85. The van der Waals surface area contributed by atoms with Crippen LogP contribution in [-0.4, -0.2) is 23.9 Å². The number of carbonyl (C=O) groups excluding carboxylic acids is 1. The van der Waals surface area contributed by atoms with Crippen molar-refractivity contribution in [3.05, 3.63) is 35.4 Å². The molecule has 19 heavy (non-hydrogen) atoms. The largest absolute Gasteiger partial charge is 0.337 e. The molecule has 0 fully saturated rings. The molecule has 1 amide bonds. The number of hydrogen-bond donors (Lipinski definition) is 0. The van der Waals surface area contributed by atoms with E-state index < -0.39 is 0 Å². The average molecular weight is 276 g/mol. The first kappa shape index (κ1) is 15.0. The van der Waals surface area contributed by atoms with Crippen molar-refractivity contribution < 1.29 is 4.79 Å². The van der Waals surface area contributed by atoms with E-state index >= 15 is 0 Å². The normalized spacial score (nSPS) is 9.42. The maximum atomic E-state index is 12.3. The molecule has 0 unspecified atom stereocenters. The molecule has 1 rings (SSSR count). The highest BCUT2D eigenvalue weighted by atomic mass is 35.5. The molecule has 0 aliphatic carbocycles. The number of carbonyl (C=O) groups is 1. The number of halogens is 1. The van der Waals surface area contributed by atoms with Gasteiger partial charge in [0.05, 0.1) is 25.0 Å². The molecule has 0 spiro atoms. The van der Waals surface area contributed by atoms with Crippen LogP contribution in [0, 0.1) is 22.7 Å². The summed E-state index contributed by atoms with van der Waals surface area (Å²) in [6.07, 6.45) is 0.513. The summed E-state index contributed by atoms with van der Waals surface area (Å²) in [5, 5.41) is 17.2. The van der Waals surface area contributed by atoms with Crippen molar-refractivity contribution in [3.63, 3.8) is 0 Å². The van der Waals surface area contributed by atoms with E-state index in [9.17, 15) is 4.79 Å². The lowest BCUT2D eigenvalue weighted by Crippen LogP contribution is -2.32. The van der Waals surface area contributed by atoms with E-state index in [4.69, 9.17) is 22.1 Å². The van der Waals surface area contributed by atoms with Crippen LogP contribution in [0.4, 0.5) is 0 Å². The molecule has 0 saturated carbocycles. The van der Waals surface area contributed by atoms with Gasteiger partial charge in [-0.15, -0.1) is 11.6 Å². The molecule has 1 aromatic carbocycles. The van der Waals surface area contributed by atoms with Gasteiger partial charge in [0.1, 0.15) is 0 Å². The smallest absolute Gasteiger partial charge is 0.253 e. The van der Waals surface area contributed by atoms with Crippen molar-refractivity contribution in [2.45, 2.75) is 18.7 Å². The predicted octanol–water partition coefficient (Wildman–Crippen LogP) is 2.69. The standard InChI is InChI=1S/C14H14ClN3O/c15-11-12-4-1-5-13(10-12)14(19)18(8-2-6-16)9-3-7-17/h1,4-5,10H,2-3,8-9,11H2. The zero-order chi connectivity index (χ0) is 14.1. The highest BCUT2D eigenvalue weighted by Gasteiger charge is 2.15. The molecular formula is C14H14ClN3O. The second-order valence-corrected chi connectivity index (χ2v) is 4.21. The minimum absolute atomic E-state index is 0.169. The van der Waals surface area contributed by atoms with E-state index in [2.05, 4.69) is 0 Å². The van der Waals surface area contributed by atoms with Crippen LogP contribution in [0.2, 0.25) is 0 Å². The number of benzene rings is 1. The Morgan fingerprint density at radius 3 is 2.37 bits per heavy atom. The van der Waals surface area contributed by atoms with Gasteiger partial charge >= 0.3 is 0 Å². The quantitative estimate of drug-likeness (QED) is 0.750. The van der Waals surface area contributed by atoms with E-state index in [1.165, 1.54) is 4.90 Å². The van der Waals surface area contributed by atoms with Crippen LogP contribution >= 0.6 is 11.6 Å². The molecule has 0 heterocycles. The lowest BCUT2D eigenvalue weighted by molar-refractivity contribution is 0.0762. The minimum atomic E-state index is -0.169. The summed E-state index contributed by atoms with van der Waals surface area (Å²) in [4.78, 5) is 13.8. The molecule has 98 valence electrons. The van der Waals surface area contributed by atoms with E-state index in [-0.39, 0.29) is 18.7 Å². The van der Waals surface area contributed by atoms with Gasteiger partial charge in [-0.25, -0.2) is 0 Å². The van der Waals surface area contributed by atoms with E-state index in [0.29, 0.717) is 24.5 Å². The Morgan fingerprint density at radius 1 is 1.21 bits per heavy atom. The summed E-state index contributed by atoms with van der Waals surface area (Å²) in [5.74, 6) is 0.176. The predicted molar refractivity (Wildman–Crippen MR) is 72.4 cm³/mol. The molecule has 1 aromatic rings. The fourth-order valence-electron chi connectivity index (χ4n) is 1.65. The fraction of sp³-hybridized carbons (Fsp3) is 0.357. The Labute approximate surface area is 117 Å². The van der Waals surface area contributed by atoms with Gasteiger partial charge in [-0.2, -0.15) is 10.5 Å². The monoisotopic (exact) mass is 275 g/mol. The summed E-state index contributed by atoms with van der Waals surface area (Å²) in [5.41, 5.74) is 1.40. The van der Waals surface area contributed by atoms with E-state index in [1.807, 2.05) is 18.2 Å². The van der Waals surface area contributed by atoms with Gasteiger partial charge in [0.25, 0.3) is 5.91 Å². The molecule has 5 heteroatoms. The third kappa shape index (κ3) is 4.62. The van der Waals surface area contributed by atoms with Crippen LogP contribution in [0.3, 0.4) is 0 Å². The zero-order valence-electron chi connectivity index (χ0n) is 10.5. The molecule has 0 radical (unpaired) electrons. The van der Waals surface area contributed by atoms with Crippen LogP contribution < -0.4 is 0 Å². The molecule has 0 N–H and O–H groups in total. The average Bonchev–Trinajstić information content (AvgIpc) is 2.47. The van der Waals surface area contributed by atoms with E-state index in [1.54, 1.807) is 18.2 Å². The van der Waals surface area contributed by atoms with Crippen molar-refractivity contribution in [1.82, 2.24) is 4.90 Å². The number of amides is 1.